The van der Waals surface area contributed by atoms with Crippen LogP contribution in [0, 0.1) is 6.42 Å². The van der Waals surface area contributed by atoms with Crippen LogP contribution in [0.15, 0.2) is 42.5 Å². The van der Waals surface area contributed by atoms with Crippen LogP contribution in [0.1, 0.15) is 75.0 Å². The fourth-order valence-corrected chi connectivity index (χ4v) is 3.63. The lowest BCUT2D eigenvalue weighted by Gasteiger charge is -2.06. The molecule has 0 N–H and O–H groups in total. The smallest absolute Gasteiger partial charge is 0.0212 e. The maximum atomic E-state index is 2.40. The van der Waals surface area contributed by atoms with Crippen molar-refractivity contribution in [2.24, 2.45) is 0 Å². The third kappa shape index (κ3) is 4.25. The highest BCUT2D eigenvalue weighted by Gasteiger charge is 2.17. The van der Waals surface area contributed by atoms with Gasteiger partial charge in [0, 0.05) is 6.42 Å². The summed E-state index contributed by atoms with van der Waals surface area (Å²) in [7, 11) is 0. The zero-order valence-electron chi connectivity index (χ0n) is 14.5. The van der Waals surface area contributed by atoms with E-state index in [0.717, 1.165) is 0 Å². The first kappa shape index (κ1) is 16.3. The lowest BCUT2D eigenvalue weighted by Crippen LogP contribution is -1.89. The van der Waals surface area contributed by atoms with Crippen molar-refractivity contribution in [1.82, 2.24) is 0 Å². The van der Waals surface area contributed by atoms with Gasteiger partial charge in [-0.15, -0.1) is 0 Å². The summed E-state index contributed by atoms with van der Waals surface area (Å²) in [6.07, 6.45) is 14.7. The first-order valence-electron chi connectivity index (χ1n) is 9.45. The maximum Gasteiger partial charge on any atom is 0.0212 e. The van der Waals surface area contributed by atoms with Gasteiger partial charge in [-0.2, -0.15) is 0 Å². The molecule has 2 aromatic carbocycles. The van der Waals surface area contributed by atoms with E-state index in [1.807, 2.05) is 0 Å². The molecule has 0 amide bonds. The van der Waals surface area contributed by atoms with Gasteiger partial charge in [0.1, 0.15) is 0 Å². The Hall–Kier alpha value is -1.56. The Labute approximate surface area is 141 Å². The van der Waals surface area contributed by atoms with Gasteiger partial charge in [0.15, 0.2) is 0 Å². The monoisotopic (exact) mass is 305 g/mol. The van der Waals surface area contributed by atoms with Crippen LogP contribution in [0.25, 0.3) is 11.1 Å². The molecule has 0 atom stereocenters. The van der Waals surface area contributed by atoms with Gasteiger partial charge in [-0.25, -0.2) is 0 Å². The quantitative estimate of drug-likeness (QED) is 0.375. The Morgan fingerprint density at radius 2 is 1.35 bits per heavy atom. The second kappa shape index (κ2) is 8.34. The van der Waals surface area contributed by atoms with Crippen LogP contribution in [0.4, 0.5) is 0 Å². The summed E-state index contributed by atoms with van der Waals surface area (Å²) in [5.74, 6) is 0. The Bertz CT molecular complexity index is 624. The third-order valence-corrected chi connectivity index (χ3v) is 5.00. The summed E-state index contributed by atoms with van der Waals surface area (Å²) in [6.45, 7) is 2.28. The van der Waals surface area contributed by atoms with E-state index >= 15 is 0 Å². The lowest BCUT2D eigenvalue weighted by atomic mass is 9.99. The van der Waals surface area contributed by atoms with E-state index in [1.165, 1.54) is 85.6 Å². The Morgan fingerprint density at radius 1 is 0.652 bits per heavy atom. The molecular weight excluding hydrogens is 276 g/mol. The molecule has 0 aliphatic heterocycles. The minimum atomic E-state index is 1.23. The van der Waals surface area contributed by atoms with Crippen LogP contribution in [-0.2, 0) is 6.42 Å². The molecule has 1 aliphatic rings. The predicted molar refractivity (Wildman–Crippen MR) is 101 cm³/mol. The minimum absolute atomic E-state index is 1.23. The van der Waals surface area contributed by atoms with Crippen molar-refractivity contribution in [3.8, 4) is 11.1 Å². The molecule has 2 aromatic rings. The summed E-state index contributed by atoms with van der Waals surface area (Å²) in [4.78, 5) is 0. The van der Waals surface area contributed by atoms with Gasteiger partial charge in [0.05, 0.1) is 0 Å². The van der Waals surface area contributed by atoms with Crippen molar-refractivity contribution in [2.75, 3.05) is 0 Å². The molecule has 121 valence electrons. The average Bonchev–Trinajstić information content (AvgIpc) is 2.95. The fourth-order valence-electron chi connectivity index (χ4n) is 3.63. The van der Waals surface area contributed by atoms with E-state index in [1.54, 1.807) is 0 Å². The van der Waals surface area contributed by atoms with Crippen LogP contribution >= 0.6 is 0 Å². The molecule has 23 heavy (non-hydrogen) atoms. The zero-order valence-corrected chi connectivity index (χ0v) is 14.5. The average molecular weight is 305 g/mol. The van der Waals surface area contributed by atoms with Crippen LogP contribution in [0.3, 0.4) is 0 Å². The van der Waals surface area contributed by atoms with E-state index in [4.69, 9.17) is 0 Å². The molecular formula is C23H29. The van der Waals surface area contributed by atoms with Gasteiger partial charge in [-0.05, 0) is 40.7 Å². The molecule has 0 heteroatoms. The van der Waals surface area contributed by atoms with E-state index in [2.05, 4.69) is 55.8 Å². The number of benzene rings is 2. The summed E-state index contributed by atoms with van der Waals surface area (Å²) in [5.41, 5.74) is 7.06. The van der Waals surface area contributed by atoms with E-state index < -0.39 is 0 Å². The molecule has 0 saturated heterocycles. The van der Waals surface area contributed by atoms with Crippen molar-refractivity contribution in [2.45, 2.75) is 64.7 Å². The van der Waals surface area contributed by atoms with Gasteiger partial charge >= 0.3 is 0 Å². The van der Waals surface area contributed by atoms with E-state index in [9.17, 15) is 0 Å². The number of aryl methyl sites for hydroxylation is 1. The number of hydrogen-bond donors (Lipinski definition) is 0. The van der Waals surface area contributed by atoms with Crippen molar-refractivity contribution >= 4 is 0 Å². The van der Waals surface area contributed by atoms with Gasteiger partial charge in [-0.3, -0.25) is 0 Å². The van der Waals surface area contributed by atoms with Gasteiger partial charge < -0.3 is 0 Å². The van der Waals surface area contributed by atoms with Gasteiger partial charge in [-0.1, -0.05) is 94.3 Å². The summed E-state index contributed by atoms with van der Waals surface area (Å²) in [6, 6.07) is 15.8. The Kier molecular flexibility index (Phi) is 5.91. The van der Waals surface area contributed by atoms with Gasteiger partial charge in [0.2, 0.25) is 0 Å². The summed E-state index contributed by atoms with van der Waals surface area (Å²) in [5, 5.41) is 0. The van der Waals surface area contributed by atoms with Crippen LogP contribution in [0.5, 0.6) is 0 Å². The largest absolute Gasteiger partial charge is 0.0654 e. The highest BCUT2D eigenvalue weighted by Crippen LogP contribution is 2.38. The fraction of sp³-hybridized carbons (Fsp3) is 0.435. The second-order valence-electron chi connectivity index (χ2n) is 6.88. The standard InChI is InChI=1S/C23H29/c1-2-3-4-5-6-7-8-9-12-19-15-16-23-21(17-19)18-20-13-10-11-14-22(20)23/h10-11,13-18H,2-9,12H2,1H3. The Balaban J connectivity index is 1.44. The molecule has 0 fully saturated rings. The summed E-state index contributed by atoms with van der Waals surface area (Å²) < 4.78 is 0. The molecule has 1 radical (unpaired) electrons. The molecule has 0 unspecified atom stereocenters. The molecule has 0 aromatic heterocycles. The molecule has 0 heterocycles. The van der Waals surface area contributed by atoms with Crippen LogP contribution in [0.2, 0.25) is 0 Å². The number of fused-ring (bicyclic) bond motifs is 3. The SMILES string of the molecule is CCCCCCCCCCc1ccc2c(c1)[CH]c1ccccc1-2. The first-order valence-corrected chi connectivity index (χ1v) is 9.45. The predicted octanol–water partition coefficient (Wildman–Crippen LogP) is 6.95. The van der Waals surface area contributed by atoms with Crippen LogP contribution < -0.4 is 0 Å². The third-order valence-electron chi connectivity index (χ3n) is 5.00. The van der Waals surface area contributed by atoms with Crippen molar-refractivity contribution in [3.05, 3.63) is 65.6 Å². The van der Waals surface area contributed by atoms with Crippen molar-refractivity contribution < 1.29 is 0 Å². The number of rotatable bonds is 9. The second-order valence-corrected chi connectivity index (χ2v) is 6.88. The first-order chi connectivity index (χ1) is 11.4. The minimum Gasteiger partial charge on any atom is -0.0654 e. The van der Waals surface area contributed by atoms with E-state index in [0.29, 0.717) is 0 Å². The molecule has 0 nitrogen and oxygen atoms in total. The van der Waals surface area contributed by atoms with Crippen molar-refractivity contribution in [3.63, 3.8) is 0 Å². The molecule has 3 rings (SSSR count). The number of hydrogen-bond acceptors (Lipinski definition) is 0. The molecule has 0 saturated carbocycles. The van der Waals surface area contributed by atoms with Gasteiger partial charge in [0.25, 0.3) is 0 Å². The normalized spacial score (nSPS) is 12.2. The van der Waals surface area contributed by atoms with Crippen LogP contribution in [-0.4, -0.2) is 0 Å². The summed E-state index contributed by atoms with van der Waals surface area (Å²) >= 11 is 0. The number of unbranched alkanes of at least 4 members (excludes halogenated alkanes) is 7. The Morgan fingerprint density at radius 3 is 2.17 bits per heavy atom. The molecule has 0 spiro atoms. The van der Waals surface area contributed by atoms with Crippen molar-refractivity contribution in [1.29, 1.82) is 0 Å². The lowest BCUT2D eigenvalue weighted by molar-refractivity contribution is 0.575. The molecule has 1 aliphatic carbocycles. The maximum absolute atomic E-state index is 2.40. The topological polar surface area (TPSA) is 0 Å². The molecule has 0 bridgehead atoms. The highest BCUT2D eigenvalue weighted by atomic mass is 14.2. The zero-order chi connectivity index (χ0) is 15.9. The van der Waals surface area contributed by atoms with E-state index in [-0.39, 0.29) is 0 Å². The highest BCUT2D eigenvalue weighted by molar-refractivity contribution is 5.81.